The van der Waals surface area contributed by atoms with Gasteiger partial charge >= 0.3 is 0 Å². The fourth-order valence-corrected chi connectivity index (χ4v) is 3.93. The number of fused-ring (bicyclic) bond motifs is 1. The Bertz CT molecular complexity index is 1240. The molecule has 1 aromatic heterocycles. The Morgan fingerprint density at radius 3 is 2.73 bits per heavy atom. The molecular formula is C22H15BrFN3O2S. The van der Waals surface area contributed by atoms with Crippen molar-refractivity contribution in [3.8, 4) is 5.75 Å². The minimum atomic E-state index is -0.373. The van der Waals surface area contributed by atoms with Gasteiger partial charge in [0.1, 0.15) is 11.6 Å². The van der Waals surface area contributed by atoms with Crippen molar-refractivity contribution in [2.24, 2.45) is 5.10 Å². The number of aromatic nitrogens is 1. The van der Waals surface area contributed by atoms with Crippen molar-refractivity contribution in [2.75, 3.05) is 12.1 Å². The molecule has 0 aliphatic rings. The first-order valence-electron chi connectivity index (χ1n) is 8.87. The van der Waals surface area contributed by atoms with Crippen LogP contribution in [-0.4, -0.2) is 24.2 Å². The standard InChI is InChI=1S/C22H15BrFN3O2S/c1-29-18-4-2-3-15(11-18)21(28)27(25-13-14-5-7-16(23)8-6-14)22-26-19-10-9-17(24)12-20(19)30-22/h2-13H,1H3/b25-13+. The Hall–Kier alpha value is -3.10. The lowest BCUT2D eigenvalue weighted by Gasteiger charge is -2.14. The summed E-state index contributed by atoms with van der Waals surface area (Å²) in [4.78, 5) is 17.7. The van der Waals surface area contributed by atoms with Gasteiger partial charge in [0.05, 0.1) is 23.5 Å². The monoisotopic (exact) mass is 483 g/mol. The Labute approximate surface area is 184 Å². The van der Waals surface area contributed by atoms with Gasteiger partial charge in [0.2, 0.25) is 5.13 Å². The van der Waals surface area contributed by atoms with E-state index in [9.17, 15) is 9.18 Å². The van der Waals surface area contributed by atoms with Crippen LogP contribution >= 0.6 is 27.3 Å². The van der Waals surface area contributed by atoms with E-state index < -0.39 is 0 Å². The molecule has 5 nitrogen and oxygen atoms in total. The molecule has 0 bridgehead atoms. The summed E-state index contributed by atoms with van der Waals surface area (Å²) >= 11 is 4.59. The molecule has 4 aromatic rings. The normalized spacial score (nSPS) is 11.2. The molecule has 1 amide bonds. The molecule has 0 atom stereocenters. The number of carbonyl (C=O) groups excluding carboxylic acids is 1. The molecule has 0 unspecified atom stereocenters. The number of carbonyl (C=O) groups is 1. The summed E-state index contributed by atoms with van der Waals surface area (Å²) in [5, 5.41) is 5.97. The number of hydrazone groups is 1. The smallest absolute Gasteiger partial charge is 0.280 e. The molecule has 0 fully saturated rings. The molecule has 4 rings (SSSR count). The lowest BCUT2D eigenvalue weighted by Crippen LogP contribution is -2.25. The zero-order chi connectivity index (χ0) is 21.1. The van der Waals surface area contributed by atoms with Gasteiger partial charge in [-0.2, -0.15) is 10.1 Å². The third-order valence-electron chi connectivity index (χ3n) is 4.22. The Balaban J connectivity index is 1.76. The molecular weight excluding hydrogens is 469 g/mol. The largest absolute Gasteiger partial charge is 0.497 e. The van der Waals surface area contributed by atoms with E-state index in [0.29, 0.717) is 26.7 Å². The van der Waals surface area contributed by atoms with Gasteiger partial charge in [-0.05, 0) is 54.1 Å². The van der Waals surface area contributed by atoms with Crippen molar-refractivity contribution in [3.63, 3.8) is 0 Å². The highest BCUT2D eigenvalue weighted by Crippen LogP contribution is 2.31. The van der Waals surface area contributed by atoms with Crippen molar-refractivity contribution in [2.45, 2.75) is 0 Å². The van der Waals surface area contributed by atoms with Crippen LogP contribution < -0.4 is 9.75 Å². The first-order valence-corrected chi connectivity index (χ1v) is 10.5. The summed E-state index contributed by atoms with van der Waals surface area (Å²) in [6.45, 7) is 0. The van der Waals surface area contributed by atoms with Crippen LogP contribution in [-0.2, 0) is 0 Å². The quantitative estimate of drug-likeness (QED) is 0.262. The average Bonchev–Trinajstić information content (AvgIpc) is 3.17. The number of rotatable bonds is 5. The number of hydrogen-bond acceptors (Lipinski definition) is 5. The number of hydrogen-bond donors (Lipinski definition) is 0. The van der Waals surface area contributed by atoms with Crippen LogP contribution in [0.4, 0.5) is 9.52 Å². The number of amides is 1. The van der Waals surface area contributed by atoms with Crippen molar-refractivity contribution in [3.05, 3.63) is 88.1 Å². The average molecular weight is 484 g/mol. The second-order valence-electron chi connectivity index (χ2n) is 6.25. The van der Waals surface area contributed by atoms with Crippen LogP contribution in [0.25, 0.3) is 10.2 Å². The van der Waals surface area contributed by atoms with Gasteiger partial charge in [-0.25, -0.2) is 9.37 Å². The van der Waals surface area contributed by atoms with Gasteiger partial charge in [0.25, 0.3) is 5.91 Å². The van der Waals surface area contributed by atoms with Crippen LogP contribution in [0.15, 0.2) is 76.3 Å². The summed E-state index contributed by atoms with van der Waals surface area (Å²) in [6, 6.07) is 18.6. The molecule has 30 heavy (non-hydrogen) atoms. The van der Waals surface area contributed by atoms with Crippen molar-refractivity contribution in [1.29, 1.82) is 0 Å². The summed E-state index contributed by atoms with van der Waals surface area (Å²) in [7, 11) is 1.54. The lowest BCUT2D eigenvalue weighted by molar-refractivity contribution is 0.0987. The zero-order valence-corrected chi connectivity index (χ0v) is 18.2. The highest BCUT2D eigenvalue weighted by atomic mass is 79.9. The molecule has 0 aliphatic heterocycles. The Morgan fingerprint density at radius 1 is 1.17 bits per heavy atom. The summed E-state index contributed by atoms with van der Waals surface area (Å²) in [5.74, 6) is -0.174. The summed E-state index contributed by atoms with van der Waals surface area (Å²) in [5.41, 5.74) is 1.81. The maximum atomic E-state index is 13.6. The maximum Gasteiger partial charge on any atom is 0.280 e. The fraction of sp³-hybridized carbons (Fsp3) is 0.0455. The van der Waals surface area contributed by atoms with Crippen molar-refractivity contribution < 1.29 is 13.9 Å². The van der Waals surface area contributed by atoms with Crippen LogP contribution in [0, 0.1) is 5.82 Å². The minimum absolute atomic E-state index is 0.344. The van der Waals surface area contributed by atoms with E-state index >= 15 is 0 Å². The van der Waals surface area contributed by atoms with Gasteiger partial charge in [0.15, 0.2) is 0 Å². The number of thiazole rings is 1. The highest BCUT2D eigenvalue weighted by Gasteiger charge is 2.21. The zero-order valence-electron chi connectivity index (χ0n) is 15.8. The third-order valence-corrected chi connectivity index (χ3v) is 5.74. The number of benzene rings is 3. The van der Waals surface area contributed by atoms with Crippen LogP contribution in [0.1, 0.15) is 15.9 Å². The fourth-order valence-electron chi connectivity index (χ4n) is 2.72. The molecule has 1 heterocycles. The number of ether oxygens (including phenoxy) is 1. The van der Waals surface area contributed by atoms with Gasteiger partial charge < -0.3 is 4.74 Å². The second-order valence-corrected chi connectivity index (χ2v) is 8.18. The molecule has 0 saturated heterocycles. The van der Waals surface area contributed by atoms with Crippen molar-refractivity contribution in [1.82, 2.24) is 4.98 Å². The second kappa shape index (κ2) is 8.73. The number of methoxy groups -OCH3 is 1. The lowest BCUT2D eigenvalue weighted by atomic mass is 10.2. The van der Waals surface area contributed by atoms with E-state index in [1.807, 2.05) is 24.3 Å². The Morgan fingerprint density at radius 2 is 1.97 bits per heavy atom. The minimum Gasteiger partial charge on any atom is -0.497 e. The molecule has 0 aliphatic carbocycles. The van der Waals surface area contributed by atoms with Gasteiger partial charge in [-0.3, -0.25) is 4.79 Å². The van der Waals surface area contributed by atoms with Crippen molar-refractivity contribution >= 4 is 54.7 Å². The van der Waals surface area contributed by atoms with Crippen LogP contribution in [0.2, 0.25) is 0 Å². The molecule has 0 radical (unpaired) electrons. The molecule has 0 N–H and O–H groups in total. The summed E-state index contributed by atoms with van der Waals surface area (Å²) < 4.78 is 20.4. The van der Waals surface area contributed by atoms with Gasteiger partial charge in [0, 0.05) is 10.0 Å². The topological polar surface area (TPSA) is 54.8 Å². The van der Waals surface area contributed by atoms with E-state index in [2.05, 4.69) is 26.0 Å². The summed E-state index contributed by atoms with van der Waals surface area (Å²) in [6.07, 6.45) is 1.58. The Kier molecular flexibility index (Phi) is 5.87. The molecule has 8 heteroatoms. The van der Waals surface area contributed by atoms with E-state index in [0.717, 1.165) is 10.0 Å². The van der Waals surface area contributed by atoms with E-state index in [4.69, 9.17) is 4.74 Å². The molecule has 0 saturated carbocycles. The molecule has 0 spiro atoms. The van der Waals surface area contributed by atoms with E-state index in [-0.39, 0.29) is 11.7 Å². The molecule has 150 valence electrons. The number of anilines is 1. The SMILES string of the molecule is COc1cccc(C(=O)N(/N=C/c2ccc(Br)cc2)c2nc3ccc(F)cc3s2)c1. The van der Waals surface area contributed by atoms with Crippen LogP contribution in [0.5, 0.6) is 5.75 Å². The first-order chi connectivity index (χ1) is 14.5. The molecule has 3 aromatic carbocycles. The maximum absolute atomic E-state index is 13.6. The van der Waals surface area contributed by atoms with Crippen LogP contribution in [0.3, 0.4) is 0 Å². The highest BCUT2D eigenvalue weighted by molar-refractivity contribution is 9.10. The van der Waals surface area contributed by atoms with E-state index in [1.54, 1.807) is 36.5 Å². The van der Waals surface area contributed by atoms with Gasteiger partial charge in [-0.1, -0.05) is 45.5 Å². The number of nitrogens with zero attached hydrogens (tertiary/aromatic N) is 3. The number of halogens is 2. The predicted molar refractivity (Wildman–Crippen MR) is 121 cm³/mol. The first kappa shape index (κ1) is 20.2. The van der Waals surface area contributed by atoms with Gasteiger partial charge in [-0.15, -0.1) is 0 Å². The predicted octanol–water partition coefficient (Wildman–Crippen LogP) is 5.89. The third kappa shape index (κ3) is 4.39. The van der Waals surface area contributed by atoms with E-state index in [1.165, 1.54) is 35.6 Å².